The van der Waals surface area contributed by atoms with Crippen LogP contribution in [0.4, 0.5) is 5.82 Å². The fourth-order valence-corrected chi connectivity index (χ4v) is 6.59. The predicted molar refractivity (Wildman–Crippen MR) is 163 cm³/mol. The minimum absolute atomic E-state index is 0.115. The number of piperidine rings is 1. The lowest BCUT2D eigenvalue weighted by atomic mass is 9.90. The molecule has 2 aromatic heterocycles. The zero-order valence-electron chi connectivity index (χ0n) is 22.2. The molecule has 0 unspecified atom stereocenters. The summed E-state index contributed by atoms with van der Waals surface area (Å²) in [5.74, 6) is 0.127. The number of carbonyl (C=O) groups excluding carboxylic acids is 1. The van der Waals surface area contributed by atoms with Crippen LogP contribution in [0.3, 0.4) is 0 Å². The van der Waals surface area contributed by atoms with Crippen molar-refractivity contribution in [1.82, 2.24) is 14.3 Å². The van der Waals surface area contributed by atoms with E-state index in [2.05, 4.69) is 29.2 Å². The third-order valence-electron chi connectivity index (χ3n) is 7.45. The number of hydrogen-bond donors (Lipinski definition) is 1. The second kappa shape index (κ2) is 12.8. The number of amides is 1. The van der Waals surface area contributed by atoms with Crippen molar-refractivity contribution in [2.45, 2.75) is 44.9 Å². The SMILES string of the molecule is O=C(O)CCCCCN1C(=O)C(=Cc2c(N3CCC(Cc4ccccc4)CC3)nc3ccccn3c2=O)SC1=S. The molecule has 2 aliphatic rings. The third kappa shape index (κ3) is 6.45. The minimum Gasteiger partial charge on any atom is -0.481 e. The maximum Gasteiger partial charge on any atom is 0.303 e. The van der Waals surface area contributed by atoms with E-state index in [0.29, 0.717) is 58.0 Å². The van der Waals surface area contributed by atoms with Gasteiger partial charge in [0, 0.05) is 32.3 Å². The van der Waals surface area contributed by atoms with Gasteiger partial charge in [-0.3, -0.25) is 23.7 Å². The minimum atomic E-state index is -0.819. The van der Waals surface area contributed by atoms with E-state index in [-0.39, 0.29) is 17.9 Å². The molecule has 0 spiro atoms. The fourth-order valence-electron chi connectivity index (χ4n) is 5.30. The summed E-state index contributed by atoms with van der Waals surface area (Å²) in [4.78, 5) is 46.7. The zero-order chi connectivity index (χ0) is 28.1. The number of hydrogen-bond acceptors (Lipinski definition) is 7. The first-order chi connectivity index (χ1) is 19.4. The molecular weight excluding hydrogens is 544 g/mol. The molecule has 0 aliphatic carbocycles. The molecular formula is C30H32N4O4S2. The van der Waals surface area contributed by atoms with E-state index in [9.17, 15) is 14.4 Å². The molecule has 1 N–H and O–H groups in total. The number of benzene rings is 1. The quantitative estimate of drug-likeness (QED) is 0.205. The molecule has 10 heteroatoms. The van der Waals surface area contributed by atoms with Gasteiger partial charge in [0.2, 0.25) is 0 Å². The van der Waals surface area contributed by atoms with Crippen LogP contribution in [0.25, 0.3) is 11.7 Å². The predicted octanol–water partition coefficient (Wildman–Crippen LogP) is 5.00. The third-order valence-corrected chi connectivity index (χ3v) is 8.83. The Labute approximate surface area is 242 Å². The number of unbranched alkanes of at least 4 members (excludes halogenated alkanes) is 2. The van der Waals surface area contributed by atoms with E-state index in [4.69, 9.17) is 22.3 Å². The lowest BCUT2D eigenvalue weighted by molar-refractivity contribution is -0.137. The molecule has 8 nitrogen and oxygen atoms in total. The number of anilines is 1. The fraction of sp³-hybridized carbons (Fsp3) is 0.367. The molecule has 2 saturated heterocycles. The summed E-state index contributed by atoms with van der Waals surface area (Å²) in [5, 5.41) is 8.83. The highest BCUT2D eigenvalue weighted by Gasteiger charge is 2.33. The van der Waals surface area contributed by atoms with E-state index < -0.39 is 5.97 Å². The van der Waals surface area contributed by atoms with Gasteiger partial charge in [-0.1, -0.05) is 66.8 Å². The first kappa shape index (κ1) is 28.0. The Hall–Kier alpha value is -3.50. The Morgan fingerprint density at radius 3 is 2.55 bits per heavy atom. The van der Waals surface area contributed by atoms with Gasteiger partial charge in [0.15, 0.2) is 0 Å². The molecule has 1 amide bonds. The molecule has 208 valence electrons. The number of fused-ring (bicyclic) bond motifs is 1. The van der Waals surface area contributed by atoms with Crippen molar-refractivity contribution in [1.29, 1.82) is 0 Å². The van der Waals surface area contributed by atoms with E-state index in [1.165, 1.54) is 21.7 Å². The number of thioether (sulfide) groups is 1. The Balaban J connectivity index is 1.36. The van der Waals surface area contributed by atoms with Crippen molar-refractivity contribution in [3.8, 4) is 0 Å². The van der Waals surface area contributed by atoms with Crippen LogP contribution >= 0.6 is 24.0 Å². The number of rotatable bonds is 10. The summed E-state index contributed by atoms with van der Waals surface area (Å²) >= 11 is 6.69. The van der Waals surface area contributed by atoms with Crippen molar-refractivity contribution < 1.29 is 14.7 Å². The highest BCUT2D eigenvalue weighted by atomic mass is 32.2. The van der Waals surface area contributed by atoms with E-state index >= 15 is 0 Å². The van der Waals surface area contributed by atoms with Gasteiger partial charge in [-0.25, -0.2) is 4.98 Å². The lowest BCUT2D eigenvalue weighted by Crippen LogP contribution is -2.37. The van der Waals surface area contributed by atoms with Gasteiger partial charge in [0.1, 0.15) is 15.8 Å². The maximum atomic E-state index is 13.7. The first-order valence-electron chi connectivity index (χ1n) is 13.7. The topological polar surface area (TPSA) is 95.2 Å². The Bertz CT molecular complexity index is 1500. The molecule has 5 rings (SSSR count). The summed E-state index contributed by atoms with van der Waals surface area (Å²) in [5.41, 5.74) is 2.09. The van der Waals surface area contributed by atoms with Gasteiger partial charge in [0.25, 0.3) is 11.5 Å². The summed E-state index contributed by atoms with van der Waals surface area (Å²) in [7, 11) is 0. The Morgan fingerprint density at radius 2 is 1.80 bits per heavy atom. The van der Waals surface area contributed by atoms with Crippen LogP contribution in [-0.4, -0.2) is 55.2 Å². The smallest absolute Gasteiger partial charge is 0.303 e. The van der Waals surface area contributed by atoms with Gasteiger partial charge in [-0.15, -0.1) is 0 Å². The Kier molecular flexibility index (Phi) is 8.96. The second-order valence-corrected chi connectivity index (χ2v) is 11.9. The largest absolute Gasteiger partial charge is 0.481 e. The van der Waals surface area contributed by atoms with Crippen LogP contribution in [0.5, 0.6) is 0 Å². The normalized spacial score (nSPS) is 17.4. The van der Waals surface area contributed by atoms with Crippen LogP contribution in [0, 0.1) is 5.92 Å². The summed E-state index contributed by atoms with van der Waals surface area (Å²) in [6.45, 7) is 1.99. The van der Waals surface area contributed by atoms with E-state index in [1.54, 1.807) is 23.2 Å². The lowest BCUT2D eigenvalue weighted by Gasteiger charge is -2.33. The standard InChI is InChI=1S/C30H32N4O4S2/c35-26(36)12-5-2-7-16-34-29(38)24(40-30(34)39)20-23-27(31-25-11-6-8-15-33(25)28(23)37)32-17-13-22(14-18-32)19-21-9-3-1-4-10-21/h1,3-4,6,8-11,15,20,22H,2,5,7,12-14,16-19H2,(H,35,36). The van der Waals surface area contributed by atoms with Crippen molar-refractivity contribution >= 4 is 57.7 Å². The van der Waals surface area contributed by atoms with Crippen molar-refractivity contribution in [3.05, 3.63) is 81.1 Å². The average molecular weight is 577 g/mol. The monoisotopic (exact) mass is 576 g/mol. The number of carboxylic acid groups (broad SMARTS) is 1. The summed E-state index contributed by atoms with van der Waals surface area (Å²) in [6, 6.07) is 16.0. The zero-order valence-corrected chi connectivity index (χ0v) is 23.8. The molecule has 3 aromatic rings. The Morgan fingerprint density at radius 1 is 1.05 bits per heavy atom. The molecule has 1 aromatic carbocycles. The highest BCUT2D eigenvalue weighted by Crippen LogP contribution is 2.34. The van der Waals surface area contributed by atoms with Gasteiger partial charge >= 0.3 is 5.97 Å². The van der Waals surface area contributed by atoms with Crippen molar-refractivity contribution in [2.24, 2.45) is 5.92 Å². The van der Waals surface area contributed by atoms with Crippen molar-refractivity contribution in [3.63, 3.8) is 0 Å². The molecule has 0 saturated carbocycles. The number of carbonyl (C=O) groups is 2. The summed E-state index contributed by atoms with van der Waals surface area (Å²) < 4.78 is 1.97. The van der Waals surface area contributed by atoms with Gasteiger partial charge in [-0.05, 0) is 61.8 Å². The van der Waals surface area contributed by atoms with Crippen LogP contribution in [0.1, 0.15) is 49.7 Å². The van der Waals surface area contributed by atoms with Crippen LogP contribution < -0.4 is 10.5 Å². The first-order valence-corrected chi connectivity index (χ1v) is 14.9. The van der Waals surface area contributed by atoms with Gasteiger partial charge in [0.05, 0.1) is 10.5 Å². The van der Waals surface area contributed by atoms with Crippen molar-refractivity contribution in [2.75, 3.05) is 24.5 Å². The van der Waals surface area contributed by atoms with Gasteiger partial charge < -0.3 is 10.0 Å². The van der Waals surface area contributed by atoms with E-state index in [0.717, 1.165) is 32.4 Å². The second-order valence-electron chi connectivity index (χ2n) is 10.2. The highest BCUT2D eigenvalue weighted by molar-refractivity contribution is 8.26. The number of nitrogens with zero attached hydrogens (tertiary/aromatic N) is 4. The van der Waals surface area contributed by atoms with Crippen LogP contribution in [0.2, 0.25) is 0 Å². The van der Waals surface area contributed by atoms with Crippen LogP contribution in [-0.2, 0) is 16.0 Å². The number of carboxylic acids is 1. The van der Waals surface area contributed by atoms with Crippen LogP contribution in [0.15, 0.2) is 64.4 Å². The molecule has 2 aliphatic heterocycles. The molecule has 0 radical (unpaired) electrons. The van der Waals surface area contributed by atoms with E-state index in [1.807, 2.05) is 18.2 Å². The summed E-state index contributed by atoms with van der Waals surface area (Å²) in [6.07, 6.45) is 8.41. The molecule has 40 heavy (non-hydrogen) atoms. The number of pyridine rings is 1. The molecule has 4 heterocycles. The average Bonchev–Trinajstić information content (AvgIpc) is 3.22. The molecule has 0 bridgehead atoms. The van der Waals surface area contributed by atoms with Gasteiger partial charge in [-0.2, -0.15) is 0 Å². The number of aromatic nitrogens is 2. The number of aliphatic carboxylic acids is 1. The number of thiocarbonyl (C=S) groups is 1. The maximum absolute atomic E-state index is 13.7. The molecule has 0 atom stereocenters. The molecule has 2 fully saturated rings.